The third-order valence-electron chi connectivity index (χ3n) is 8.73. The maximum Gasteiger partial charge on any atom is 0.228 e. The normalized spacial score (nSPS) is 20.9. The Morgan fingerprint density at radius 2 is 1.68 bits per heavy atom. The van der Waals surface area contributed by atoms with Crippen molar-refractivity contribution in [3.63, 3.8) is 0 Å². The highest BCUT2D eigenvalue weighted by molar-refractivity contribution is 6.04. The lowest BCUT2D eigenvalue weighted by Gasteiger charge is -2.43. The van der Waals surface area contributed by atoms with Crippen LogP contribution < -0.4 is 19.9 Å². The fourth-order valence-electron chi connectivity index (χ4n) is 6.52. The number of benzene rings is 3. The van der Waals surface area contributed by atoms with Crippen LogP contribution in [0.25, 0.3) is 32.8 Å². The number of aromatic nitrogens is 2. The van der Waals surface area contributed by atoms with Gasteiger partial charge in [0.1, 0.15) is 22.9 Å². The minimum absolute atomic E-state index is 0.00532. The molecule has 2 unspecified atom stereocenters. The summed E-state index contributed by atoms with van der Waals surface area (Å²) in [6.45, 7) is 2.61. The van der Waals surface area contributed by atoms with Crippen LogP contribution in [0, 0.1) is 17.5 Å². The highest BCUT2D eigenvalue weighted by Gasteiger charge is 2.38. The molecule has 3 aromatic carbocycles. The molecule has 2 N–H and O–H groups in total. The fraction of sp³-hybridized carbons (Fsp3) is 0.400. The van der Waals surface area contributed by atoms with E-state index in [9.17, 15) is 5.11 Å². The van der Waals surface area contributed by atoms with Crippen LogP contribution in [0.2, 0.25) is 0 Å². The predicted octanol–water partition coefficient (Wildman–Crippen LogP) is 4.27. The molecule has 11 heteroatoms. The zero-order valence-corrected chi connectivity index (χ0v) is 23.1. The van der Waals surface area contributed by atoms with Gasteiger partial charge in [-0.3, -0.25) is 0 Å². The van der Waals surface area contributed by atoms with Gasteiger partial charge in [0.15, 0.2) is 17.4 Å². The second-order valence-electron chi connectivity index (χ2n) is 11.5. The molecule has 0 saturated carbocycles. The number of rotatable bonds is 5. The van der Waals surface area contributed by atoms with Crippen molar-refractivity contribution in [3.05, 3.63) is 47.8 Å². The van der Waals surface area contributed by atoms with Gasteiger partial charge in [0.25, 0.3) is 0 Å². The SMILES string of the molecule is COc1c(F)c(-c2cc(O)cc3cccc(F)c23)c(F)c2nc(N3CC(N(C)C)C3)nc(N3CC4CCC(C3)N4)c12. The molecule has 3 aliphatic heterocycles. The Morgan fingerprint density at radius 3 is 2.37 bits per heavy atom. The van der Waals surface area contributed by atoms with E-state index in [-0.39, 0.29) is 45.4 Å². The first-order chi connectivity index (χ1) is 19.7. The predicted molar refractivity (Wildman–Crippen MR) is 152 cm³/mol. The molecule has 214 valence electrons. The first-order valence-electron chi connectivity index (χ1n) is 13.8. The van der Waals surface area contributed by atoms with Gasteiger partial charge in [-0.05, 0) is 50.5 Å². The molecule has 3 fully saturated rings. The number of phenols is 1. The van der Waals surface area contributed by atoms with Crippen molar-refractivity contribution in [2.24, 2.45) is 0 Å². The zero-order valence-electron chi connectivity index (χ0n) is 23.1. The van der Waals surface area contributed by atoms with Crippen LogP contribution in [0.5, 0.6) is 11.5 Å². The molecule has 0 aliphatic carbocycles. The van der Waals surface area contributed by atoms with E-state index in [4.69, 9.17) is 9.72 Å². The number of nitrogens with one attached hydrogen (secondary N) is 1. The van der Waals surface area contributed by atoms with Crippen molar-refractivity contribution in [2.75, 3.05) is 57.2 Å². The number of aromatic hydroxyl groups is 1. The maximum atomic E-state index is 16.8. The lowest BCUT2D eigenvalue weighted by atomic mass is 9.94. The molecule has 2 bridgehead atoms. The number of anilines is 2. The second kappa shape index (κ2) is 9.63. The highest BCUT2D eigenvalue weighted by Crippen LogP contribution is 2.46. The highest BCUT2D eigenvalue weighted by atomic mass is 19.1. The lowest BCUT2D eigenvalue weighted by Crippen LogP contribution is -2.58. The molecule has 41 heavy (non-hydrogen) atoms. The van der Waals surface area contributed by atoms with E-state index in [1.54, 1.807) is 6.07 Å². The van der Waals surface area contributed by atoms with Crippen molar-refractivity contribution in [3.8, 4) is 22.6 Å². The summed E-state index contributed by atoms with van der Waals surface area (Å²) in [5.74, 6) is -2.31. The molecule has 1 aromatic heterocycles. The summed E-state index contributed by atoms with van der Waals surface area (Å²) in [4.78, 5) is 15.7. The number of piperazine rings is 1. The summed E-state index contributed by atoms with van der Waals surface area (Å²) in [5.41, 5.74) is -0.733. The van der Waals surface area contributed by atoms with Crippen LogP contribution in [0.3, 0.4) is 0 Å². The van der Waals surface area contributed by atoms with Gasteiger partial charge >= 0.3 is 0 Å². The average Bonchev–Trinajstić information content (AvgIpc) is 3.24. The van der Waals surface area contributed by atoms with Crippen LogP contribution in [-0.2, 0) is 0 Å². The van der Waals surface area contributed by atoms with E-state index in [0.717, 1.165) is 12.8 Å². The Balaban J connectivity index is 1.50. The summed E-state index contributed by atoms with van der Waals surface area (Å²) >= 11 is 0. The number of ether oxygens (including phenoxy) is 1. The van der Waals surface area contributed by atoms with Gasteiger partial charge in [-0.2, -0.15) is 4.98 Å². The minimum atomic E-state index is -1.00. The minimum Gasteiger partial charge on any atom is -0.508 e. The van der Waals surface area contributed by atoms with Gasteiger partial charge in [-0.25, -0.2) is 18.2 Å². The summed E-state index contributed by atoms with van der Waals surface area (Å²) in [6.07, 6.45) is 2.04. The Morgan fingerprint density at radius 1 is 0.951 bits per heavy atom. The first kappa shape index (κ1) is 26.1. The van der Waals surface area contributed by atoms with Crippen LogP contribution in [0.1, 0.15) is 12.8 Å². The van der Waals surface area contributed by atoms with Gasteiger partial charge in [-0.15, -0.1) is 0 Å². The number of nitrogens with zero attached hydrogens (tertiary/aromatic N) is 5. The summed E-state index contributed by atoms with van der Waals surface area (Å²) < 4.78 is 53.9. The number of phenolic OH excluding ortho intramolecular Hbond substituents is 1. The zero-order chi connectivity index (χ0) is 28.6. The average molecular weight is 565 g/mol. The molecule has 4 heterocycles. The van der Waals surface area contributed by atoms with Crippen molar-refractivity contribution in [1.29, 1.82) is 0 Å². The van der Waals surface area contributed by atoms with Gasteiger partial charge in [0.05, 0.1) is 18.1 Å². The van der Waals surface area contributed by atoms with Gasteiger partial charge < -0.3 is 29.9 Å². The van der Waals surface area contributed by atoms with Crippen LogP contribution in [0.4, 0.5) is 24.9 Å². The van der Waals surface area contributed by atoms with Crippen molar-refractivity contribution < 1.29 is 23.0 Å². The Bertz CT molecular complexity index is 1680. The maximum absolute atomic E-state index is 16.8. The van der Waals surface area contributed by atoms with Gasteiger partial charge in [0.2, 0.25) is 5.95 Å². The molecular weight excluding hydrogens is 533 g/mol. The second-order valence-corrected chi connectivity index (χ2v) is 11.5. The lowest BCUT2D eigenvalue weighted by molar-refractivity contribution is 0.245. The topological polar surface area (TPSA) is 77.0 Å². The number of likely N-dealkylation sites (N-methyl/N-ethyl adjacent to an activating group) is 1. The number of hydrogen-bond acceptors (Lipinski definition) is 8. The van der Waals surface area contributed by atoms with E-state index in [2.05, 4.69) is 20.1 Å². The van der Waals surface area contributed by atoms with Crippen LogP contribution in [-0.4, -0.2) is 85.5 Å². The largest absolute Gasteiger partial charge is 0.508 e. The van der Waals surface area contributed by atoms with E-state index < -0.39 is 23.0 Å². The van der Waals surface area contributed by atoms with E-state index in [0.29, 0.717) is 49.4 Å². The molecule has 0 amide bonds. The van der Waals surface area contributed by atoms with Crippen molar-refractivity contribution >= 4 is 33.4 Å². The Hall–Kier alpha value is -3.83. The molecule has 2 atom stereocenters. The van der Waals surface area contributed by atoms with Crippen molar-refractivity contribution in [1.82, 2.24) is 20.2 Å². The van der Waals surface area contributed by atoms with E-state index in [1.807, 2.05) is 19.0 Å². The summed E-state index contributed by atoms with van der Waals surface area (Å²) in [5, 5.41) is 14.5. The molecule has 3 aliphatic rings. The van der Waals surface area contributed by atoms with Gasteiger partial charge in [-0.1, -0.05) is 12.1 Å². The number of halogens is 3. The van der Waals surface area contributed by atoms with Crippen LogP contribution in [0.15, 0.2) is 30.3 Å². The van der Waals surface area contributed by atoms with E-state index in [1.165, 1.54) is 31.4 Å². The summed E-state index contributed by atoms with van der Waals surface area (Å²) in [7, 11) is 5.32. The Kier molecular flexibility index (Phi) is 6.13. The standard InChI is InChI=1S/C30H31F3N6O2/c1-37(2)18-13-39(14-18)30-35-27-24(29(36-30)38-11-16-7-8-17(12-38)34-16)28(41-3)26(33)23(25(27)32)20-10-19(40)9-15-5-4-6-21(31)22(15)20/h4-6,9-10,16-18,34,40H,7-8,11-14H2,1-3H3. The molecular formula is C30H31F3N6O2. The molecule has 7 rings (SSSR count). The quantitative estimate of drug-likeness (QED) is 0.372. The molecule has 0 radical (unpaired) electrons. The summed E-state index contributed by atoms with van der Waals surface area (Å²) in [6, 6.07) is 7.63. The third-order valence-corrected chi connectivity index (χ3v) is 8.73. The molecule has 3 saturated heterocycles. The number of methoxy groups -OCH3 is 1. The van der Waals surface area contributed by atoms with Crippen LogP contribution >= 0.6 is 0 Å². The van der Waals surface area contributed by atoms with Gasteiger partial charge in [0, 0.05) is 55.3 Å². The van der Waals surface area contributed by atoms with Crippen molar-refractivity contribution in [2.45, 2.75) is 31.0 Å². The number of fused-ring (bicyclic) bond motifs is 4. The molecule has 4 aromatic rings. The molecule has 8 nitrogen and oxygen atoms in total. The van der Waals surface area contributed by atoms with E-state index >= 15 is 13.2 Å². The Labute approximate surface area is 235 Å². The monoisotopic (exact) mass is 564 g/mol. The molecule has 0 spiro atoms. The first-order valence-corrected chi connectivity index (χ1v) is 13.8. The number of hydrogen-bond donors (Lipinski definition) is 2. The third kappa shape index (κ3) is 4.13. The smallest absolute Gasteiger partial charge is 0.228 e. The fourth-order valence-corrected chi connectivity index (χ4v) is 6.52.